The van der Waals surface area contributed by atoms with Crippen LogP contribution in [0.3, 0.4) is 0 Å². The number of Topliss-reactive ketones (excluding diaryl/α,β-unsaturated/α-hetero) is 1. The van der Waals surface area contributed by atoms with Crippen LogP contribution in [0.2, 0.25) is 0 Å². The Balaban J connectivity index is 1.95. The fourth-order valence-electron chi connectivity index (χ4n) is 2.19. The Morgan fingerprint density at radius 1 is 1.20 bits per heavy atom. The molecule has 1 heterocycles. The lowest BCUT2D eigenvalue weighted by atomic mass is 10.0. The molecule has 1 fully saturated rings. The summed E-state index contributed by atoms with van der Waals surface area (Å²) in [5.41, 5.74) is 1.02. The Kier molecular flexibility index (Phi) is 3.34. The number of ketones is 1. The molecule has 1 N–H and O–H groups in total. The molecule has 5 heteroatoms. The molecule has 106 valence electrons. The van der Waals surface area contributed by atoms with Gasteiger partial charge in [-0.15, -0.1) is 0 Å². The molecule has 0 saturated heterocycles. The first-order valence-corrected chi connectivity index (χ1v) is 6.96. The molecule has 1 aliphatic carbocycles. The lowest BCUT2D eigenvalue weighted by Gasteiger charge is -2.21. The average Bonchev–Trinajstić information content (AvgIpc) is 3.30. The van der Waals surface area contributed by atoms with Crippen molar-refractivity contribution in [3.63, 3.8) is 0 Å². The fraction of sp³-hybridized carbons (Fsp3) is 0.467. The number of carbonyl (C=O) groups is 2. The molecule has 0 unspecified atom stereocenters. The Labute approximate surface area is 117 Å². The maximum atomic E-state index is 12.0. The van der Waals surface area contributed by atoms with Crippen molar-refractivity contribution in [1.82, 2.24) is 0 Å². The van der Waals surface area contributed by atoms with Gasteiger partial charge in [0.25, 0.3) is 0 Å². The normalized spacial score (nSPS) is 16.6. The molecule has 0 aromatic heterocycles. The van der Waals surface area contributed by atoms with Gasteiger partial charge in [0.2, 0.25) is 5.91 Å². The van der Waals surface area contributed by atoms with Crippen LogP contribution in [0.15, 0.2) is 12.1 Å². The summed E-state index contributed by atoms with van der Waals surface area (Å²) < 4.78 is 11.0. The van der Waals surface area contributed by atoms with E-state index in [0.717, 1.165) is 12.8 Å². The first kappa shape index (κ1) is 13.0. The molecule has 0 spiro atoms. The Morgan fingerprint density at radius 2 is 1.85 bits per heavy atom. The number of amides is 1. The third-order valence-electron chi connectivity index (χ3n) is 3.51. The van der Waals surface area contributed by atoms with E-state index in [1.807, 2.05) is 0 Å². The van der Waals surface area contributed by atoms with Crippen molar-refractivity contribution in [3.8, 4) is 11.5 Å². The second-order valence-electron chi connectivity index (χ2n) is 5.08. The third-order valence-corrected chi connectivity index (χ3v) is 3.51. The predicted octanol–water partition coefficient (Wildman–Crippen LogP) is 2.40. The van der Waals surface area contributed by atoms with Crippen molar-refractivity contribution in [2.45, 2.75) is 26.2 Å². The smallest absolute Gasteiger partial charge is 0.227 e. The minimum Gasteiger partial charge on any atom is -0.486 e. The summed E-state index contributed by atoms with van der Waals surface area (Å²) >= 11 is 0. The summed E-state index contributed by atoms with van der Waals surface area (Å²) in [7, 11) is 0. The first-order chi connectivity index (χ1) is 9.69. The molecule has 1 aromatic rings. The lowest BCUT2D eigenvalue weighted by Crippen LogP contribution is -2.19. The van der Waals surface area contributed by atoms with Gasteiger partial charge < -0.3 is 14.8 Å². The van der Waals surface area contributed by atoms with Crippen LogP contribution in [-0.4, -0.2) is 24.9 Å². The van der Waals surface area contributed by atoms with Crippen LogP contribution in [0.1, 0.15) is 36.5 Å². The summed E-state index contributed by atoms with van der Waals surface area (Å²) in [5.74, 6) is 1.19. The summed E-state index contributed by atoms with van der Waals surface area (Å²) in [4.78, 5) is 24.0. The van der Waals surface area contributed by atoms with Crippen molar-refractivity contribution >= 4 is 17.4 Å². The third kappa shape index (κ3) is 2.48. The molecule has 5 nitrogen and oxygen atoms in total. The van der Waals surface area contributed by atoms with E-state index in [2.05, 4.69) is 5.32 Å². The second-order valence-corrected chi connectivity index (χ2v) is 5.08. The highest BCUT2D eigenvalue weighted by Crippen LogP contribution is 2.37. The molecule has 0 bridgehead atoms. The minimum atomic E-state index is -0.0215. The number of hydrogen-bond donors (Lipinski definition) is 1. The Bertz CT molecular complexity index is 563. The molecule has 1 saturated carbocycles. The largest absolute Gasteiger partial charge is 0.486 e. The molecular weight excluding hydrogens is 258 g/mol. The van der Waals surface area contributed by atoms with Crippen molar-refractivity contribution in [1.29, 1.82) is 0 Å². The van der Waals surface area contributed by atoms with Gasteiger partial charge in [-0.2, -0.15) is 0 Å². The number of ether oxygens (including phenoxy) is 2. The summed E-state index contributed by atoms with van der Waals surface area (Å²) in [6, 6.07) is 3.36. The maximum Gasteiger partial charge on any atom is 0.227 e. The van der Waals surface area contributed by atoms with Gasteiger partial charge in [-0.05, 0) is 18.9 Å². The zero-order chi connectivity index (χ0) is 14.1. The molecule has 1 aliphatic heterocycles. The molecule has 1 amide bonds. The number of fused-ring (bicyclic) bond motifs is 1. The molecule has 3 rings (SSSR count). The van der Waals surface area contributed by atoms with Crippen LogP contribution in [-0.2, 0) is 4.79 Å². The highest BCUT2D eigenvalue weighted by atomic mass is 16.6. The predicted molar refractivity (Wildman–Crippen MR) is 73.4 cm³/mol. The maximum absolute atomic E-state index is 12.0. The van der Waals surface area contributed by atoms with Crippen molar-refractivity contribution in [2.24, 2.45) is 5.92 Å². The van der Waals surface area contributed by atoms with Gasteiger partial charge in [0.05, 0.1) is 5.69 Å². The lowest BCUT2D eigenvalue weighted by molar-refractivity contribution is -0.117. The number of nitrogens with one attached hydrogen (secondary N) is 1. The fourth-order valence-corrected chi connectivity index (χ4v) is 2.19. The van der Waals surface area contributed by atoms with Crippen LogP contribution in [0.25, 0.3) is 0 Å². The molecule has 0 atom stereocenters. The van der Waals surface area contributed by atoms with Crippen LogP contribution in [0.4, 0.5) is 5.69 Å². The van der Waals surface area contributed by atoms with Crippen LogP contribution in [0.5, 0.6) is 11.5 Å². The molecular formula is C15H17NO4. The topological polar surface area (TPSA) is 64.6 Å². The van der Waals surface area contributed by atoms with E-state index >= 15 is 0 Å². The summed E-state index contributed by atoms with van der Waals surface area (Å²) in [5, 5.41) is 2.84. The van der Waals surface area contributed by atoms with E-state index in [1.165, 1.54) is 0 Å². The summed E-state index contributed by atoms with van der Waals surface area (Å²) in [6.07, 6.45) is 2.23. The zero-order valence-electron chi connectivity index (χ0n) is 11.4. The van der Waals surface area contributed by atoms with E-state index < -0.39 is 0 Å². The zero-order valence-corrected chi connectivity index (χ0v) is 11.4. The van der Waals surface area contributed by atoms with E-state index in [1.54, 1.807) is 19.1 Å². The molecule has 20 heavy (non-hydrogen) atoms. The van der Waals surface area contributed by atoms with E-state index in [-0.39, 0.29) is 17.6 Å². The van der Waals surface area contributed by atoms with Crippen molar-refractivity contribution in [3.05, 3.63) is 17.7 Å². The van der Waals surface area contributed by atoms with Crippen molar-refractivity contribution in [2.75, 3.05) is 18.5 Å². The summed E-state index contributed by atoms with van der Waals surface area (Å²) in [6.45, 7) is 2.75. The SMILES string of the molecule is CCC(=O)c1cc2c(cc1NC(=O)C1CC1)OCCO2. The highest BCUT2D eigenvalue weighted by Gasteiger charge is 2.30. The van der Waals surface area contributed by atoms with Gasteiger partial charge in [0.1, 0.15) is 13.2 Å². The quantitative estimate of drug-likeness (QED) is 0.857. The first-order valence-electron chi connectivity index (χ1n) is 6.96. The second kappa shape index (κ2) is 5.15. The Hall–Kier alpha value is -2.04. The van der Waals surface area contributed by atoms with Gasteiger partial charge in [0.15, 0.2) is 17.3 Å². The van der Waals surface area contributed by atoms with Gasteiger partial charge in [-0.3, -0.25) is 9.59 Å². The van der Waals surface area contributed by atoms with Crippen LogP contribution >= 0.6 is 0 Å². The molecule has 0 radical (unpaired) electrons. The highest BCUT2D eigenvalue weighted by molar-refractivity contribution is 6.06. The molecule has 2 aliphatic rings. The van der Waals surface area contributed by atoms with E-state index in [4.69, 9.17) is 9.47 Å². The molecule has 1 aromatic carbocycles. The number of anilines is 1. The Morgan fingerprint density at radius 3 is 2.45 bits per heavy atom. The van der Waals surface area contributed by atoms with Crippen LogP contribution in [0, 0.1) is 5.92 Å². The van der Waals surface area contributed by atoms with Gasteiger partial charge in [-0.25, -0.2) is 0 Å². The number of hydrogen-bond acceptors (Lipinski definition) is 4. The minimum absolute atomic E-state index is 0.0203. The standard InChI is InChI=1S/C15H17NO4/c1-2-12(17)10-7-13-14(20-6-5-19-13)8-11(10)16-15(18)9-3-4-9/h7-9H,2-6H2,1H3,(H,16,18). The van der Waals surface area contributed by atoms with E-state index in [0.29, 0.717) is 42.4 Å². The number of benzene rings is 1. The van der Waals surface area contributed by atoms with Crippen molar-refractivity contribution < 1.29 is 19.1 Å². The monoisotopic (exact) mass is 275 g/mol. The van der Waals surface area contributed by atoms with Gasteiger partial charge in [-0.1, -0.05) is 6.92 Å². The average molecular weight is 275 g/mol. The van der Waals surface area contributed by atoms with Crippen LogP contribution < -0.4 is 14.8 Å². The van der Waals surface area contributed by atoms with E-state index in [9.17, 15) is 9.59 Å². The van der Waals surface area contributed by atoms with Gasteiger partial charge in [0, 0.05) is 24.0 Å². The van der Waals surface area contributed by atoms with Gasteiger partial charge >= 0.3 is 0 Å². The number of rotatable bonds is 4. The number of carbonyl (C=O) groups excluding carboxylic acids is 2.